The first-order valence-electron chi connectivity index (χ1n) is 9.98. The molecule has 0 fully saturated rings. The summed E-state index contributed by atoms with van der Waals surface area (Å²) >= 11 is 0. The van der Waals surface area contributed by atoms with Crippen molar-refractivity contribution in [3.8, 4) is 0 Å². The van der Waals surface area contributed by atoms with Gasteiger partial charge in [0, 0.05) is 17.0 Å². The second kappa shape index (κ2) is 11.6. The molecule has 0 amide bonds. The Kier molecular flexibility index (Phi) is 8.78. The maximum Gasteiger partial charge on any atom is 0.119 e. The van der Waals surface area contributed by atoms with Gasteiger partial charge in [-0.2, -0.15) is 0 Å². The quantitative estimate of drug-likeness (QED) is 0.336. The van der Waals surface area contributed by atoms with Gasteiger partial charge in [0.2, 0.25) is 0 Å². The average Bonchev–Trinajstić information content (AvgIpc) is 2.74. The van der Waals surface area contributed by atoms with Crippen molar-refractivity contribution in [3.63, 3.8) is 0 Å². The third-order valence-electron chi connectivity index (χ3n) is 4.55. The zero-order chi connectivity index (χ0) is 21.1. The lowest BCUT2D eigenvalue weighted by atomic mass is 10.1. The summed E-state index contributed by atoms with van der Waals surface area (Å²) in [7, 11) is 0. The van der Waals surface area contributed by atoms with E-state index in [-0.39, 0.29) is 0 Å². The van der Waals surface area contributed by atoms with Crippen molar-refractivity contribution in [1.29, 1.82) is 0 Å². The number of hydrogen-bond donors (Lipinski definition) is 1. The number of anilines is 1. The van der Waals surface area contributed by atoms with Crippen LogP contribution in [0.1, 0.15) is 37.0 Å². The summed E-state index contributed by atoms with van der Waals surface area (Å²) in [5, 5.41) is 3.57. The van der Waals surface area contributed by atoms with Gasteiger partial charge in [-0.15, -0.1) is 0 Å². The van der Waals surface area contributed by atoms with Crippen LogP contribution in [0.2, 0.25) is 0 Å². The van der Waals surface area contributed by atoms with Crippen LogP contribution in [0.5, 0.6) is 0 Å². The molecular formula is C27H31NO. The van der Waals surface area contributed by atoms with E-state index in [0.717, 1.165) is 34.5 Å². The monoisotopic (exact) mass is 385 g/mol. The second-order valence-corrected chi connectivity index (χ2v) is 6.71. The van der Waals surface area contributed by atoms with Crippen molar-refractivity contribution in [3.05, 3.63) is 120 Å². The van der Waals surface area contributed by atoms with E-state index >= 15 is 0 Å². The van der Waals surface area contributed by atoms with Crippen molar-refractivity contribution >= 4 is 11.4 Å². The fourth-order valence-electron chi connectivity index (χ4n) is 2.86. The highest BCUT2D eigenvalue weighted by molar-refractivity contribution is 5.78. The summed E-state index contributed by atoms with van der Waals surface area (Å²) in [6, 6.07) is 16.8. The lowest BCUT2D eigenvalue weighted by Gasteiger charge is -2.15. The van der Waals surface area contributed by atoms with E-state index in [4.69, 9.17) is 4.74 Å². The molecule has 29 heavy (non-hydrogen) atoms. The molecular weight excluding hydrogens is 354 g/mol. The van der Waals surface area contributed by atoms with E-state index in [1.807, 2.05) is 25.2 Å². The minimum atomic E-state index is 0.483. The fourth-order valence-corrected chi connectivity index (χ4v) is 2.86. The average molecular weight is 386 g/mol. The number of para-hydroxylation sites is 1. The van der Waals surface area contributed by atoms with Gasteiger partial charge in [0.15, 0.2) is 0 Å². The van der Waals surface area contributed by atoms with Gasteiger partial charge < -0.3 is 10.1 Å². The van der Waals surface area contributed by atoms with Gasteiger partial charge in [0.25, 0.3) is 0 Å². The first kappa shape index (κ1) is 22.0. The first-order chi connectivity index (χ1) is 14.1. The van der Waals surface area contributed by atoms with Crippen LogP contribution in [0.3, 0.4) is 0 Å². The number of rotatable bonds is 10. The molecule has 0 aliphatic heterocycles. The molecule has 0 spiro atoms. The summed E-state index contributed by atoms with van der Waals surface area (Å²) < 4.78 is 5.86. The van der Waals surface area contributed by atoms with Crippen LogP contribution < -0.4 is 5.32 Å². The highest BCUT2D eigenvalue weighted by atomic mass is 16.5. The second-order valence-electron chi connectivity index (χ2n) is 6.71. The zero-order valence-electron chi connectivity index (χ0n) is 17.7. The van der Waals surface area contributed by atoms with Gasteiger partial charge >= 0.3 is 0 Å². The van der Waals surface area contributed by atoms with Crippen molar-refractivity contribution in [1.82, 2.24) is 0 Å². The Morgan fingerprint density at radius 1 is 1.10 bits per heavy atom. The maximum absolute atomic E-state index is 5.86. The third kappa shape index (κ3) is 6.69. The van der Waals surface area contributed by atoms with Crippen LogP contribution in [-0.2, 0) is 11.3 Å². The molecule has 0 saturated heterocycles. The molecule has 0 heterocycles. The molecule has 2 aromatic carbocycles. The van der Waals surface area contributed by atoms with Crippen LogP contribution in [0.15, 0.2) is 103 Å². The SMILES string of the molecule is C=C/C=C\C(=C/C)C(=C)OCc1ccc(/C(=C\CC)Nc2ccccc2C)cc1. The molecule has 0 aliphatic carbocycles. The molecule has 2 rings (SSSR count). The van der Waals surface area contributed by atoms with Gasteiger partial charge in [0.1, 0.15) is 12.4 Å². The Morgan fingerprint density at radius 3 is 2.45 bits per heavy atom. The van der Waals surface area contributed by atoms with Gasteiger partial charge in [0.05, 0.1) is 0 Å². The van der Waals surface area contributed by atoms with Crippen LogP contribution in [-0.4, -0.2) is 0 Å². The molecule has 0 aliphatic rings. The summed E-state index contributed by atoms with van der Waals surface area (Å²) in [4.78, 5) is 0. The number of aryl methyl sites for hydroxylation is 1. The molecule has 2 heteroatoms. The third-order valence-corrected chi connectivity index (χ3v) is 4.55. The van der Waals surface area contributed by atoms with E-state index in [0.29, 0.717) is 12.4 Å². The van der Waals surface area contributed by atoms with Gasteiger partial charge in [-0.3, -0.25) is 0 Å². The Hall–Kier alpha value is -3.26. The van der Waals surface area contributed by atoms with Crippen LogP contribution in [0.4, 0.5) is 5.69 Å². The highest BCUT2D eigenvalue weighted by Crippen LogP contribution is 2.23. The van der Waals surface area contributed by atoms with Crippen molar-refractivity contribution < 1.29 is 4.74 Å². The van der Waals surface area contributed by atoms with E-state index in [9.17, 15) is 0 Å². The summed E-state index contributed by atoms with van der Waals surface area (Å²) in [6.45, 7) is 14.4. The van der Waals surface area contributed by atoms with Gasteiger partial charge in [-0.25, -0.2) is 0 Å². The van der Waals surface area contributed by atoms with Crippen molar-refractivity contribution in [2.45, 2.75) is 33.8 Å². The van der Waals surface area contributed by atoms with Crippen molar-refractivity contribution in [2.24, 2.45) is 0 Å². The molecule has 150 valence electrons. The molecule has 1 N–H and O–H groups in total. The van der Waals surface area contributed by atoms with E-state index < -0.39 is 0 Å². The number of benzene rings is 2. The number of hydrogen-bond acceptors (Lipinski definition) is 2. The van der Waals surface area contributed by atoms with Gasteiger partial charge in [-0.1, -0.05) is 92.9 Å². The maximum atomic E-state index is 5.86. The molecule has 0 unspecified atom stereocenters. The van der Waals surface area contributed by atoms with E-state index in [1.54, 1.807) is 6.08 Å². The lowest BCUT2D eigenvalue weighted by Crippen LogP contribution is -2.01. The molecule has 0 radical (unpaired) electrons. The summed E-state index contributed by atoms with van der Waals surface area (Å²) in [5.74, 6) is 0.655. The number of nitrogens with one attached hydrogen (secondary N) is 1. The predicted molar refractivity (Wildman–Crippen MR) is 127 cm³/mol. The normalized spacial score (nSPS) is 12.1. The largest absolute Gasteiger partial charge is 0.489 e. The Bertz CT molecular complexity index is 914. The summed E-state index contributed by atoms with van der Waals surface area (Å²) in [6.07, 6.45) is 10.7. The predicted octanol–water partition coefficient (Wildman–Crippen LogP) is 7.58. The first-order valence-corrected chi connectivity index (χ1v) is 9.98. The van der Waals surface area contributed by atoms with E-state index in [2.05, 4.69) is 86.9 Å². The zero-order valence-corrected chi connectivity index (χ0v) is 17.7. The Labute approximate surface area is 175 Å². The topological polar surface area (TPSA) is 21.3 Å². The highest BCUT2D eigenvalue weighted by Gasteiger charge is 2.05. The minimum absolute atomic E-state index is 0.483. The summed E-state index contributed by atoms with van der Waals surface area (Å²) in [5.41, 5.74) is 6.68. The van der Waals surface area contributed by atoms with Crippen LogP contribution in [0, 0.1) is 6.92 Å². The molecule has 0 aromatic heterocycles. The number of allylic oxidation sites excluding steroid dienone is 5. The fraction of sp³-hybridized carbons (Fsp3) is 0.185. The lowest BCUT2D eigenvalue weighted by molar-refractivity contribution is 0.209. The molecule has 2 aromatic rings. The molecule has 0 bridgehead atoms. The van der Waals surface area contributed by atoms with Crippen molar-refractivity contribution in [2.75, 3.05) is 5.32 Å². The number of ether oxygens (including phenoxy) is 1. The van der Waals surface area contributed by atoms with Crippen LogP contribution >= 0.6 is 0 Å². The smallest absolute Gasteiger partial charge is 0.119 e. The molecule has 0 atom stereocenters. The Morgan fingerprint density at radius 2 is 1.83 bits per heavy atom. The van der Waals surface area contributed by atoms with Gasteiger partial charge in [-0.05, 0) is 43.0 Å². The standard InChI is InChI=1S/C27H31NO/c1-6-9-14-24(8-3)22(5)29-20-23-16-18-25(19-17-23)27(12-7-2)28-26-15-11-10-13-21(26)4/h6,8-19,28H,1,5,7,20H2,2-4H3/b14-9-,24-8+,27-12+. The van der Waals surface area contributed by atoms with E-state index in [1.165, 1.54) is 5.56 Å². The minimum Gasteiger partial charge on any atom is -0.489 e. The molecule has 0 saturated carbocycles. The molecule has 2 nitrogen and oxygen atoms in total. The van der Waals surface area contributed by atoms with Crippen LogP contribution in [0.25, 0.3) is 5.70 Å². The Balaban J connectivity index is 2.06.